The summed E-state index contributed by atoms with van der Waals surface area (Å²) < 4.78 is 5.82. The molecular weight excluding hydrogens is 258 g/mol. The van der Waals surface area contributed by atoms with Gasteiger partial charge in [-0.15, -0.1) is 0 Å². The van der Waals surface area contributed by atoms with Crippen molar-refractivity contribution in [1.82, 2.24) is 0 Å². The van der Waals surface area contributed by atoms with Crippen LogP contribution in [0.2, 0.25) is 0 Å². The van der Waals surface area contributed by atoms with E-state index in [-0.39, 0.29) is 29.0 Å². The number of nitrogens with two attached hydrogens (primary N) is 1. The quantitative estimate of drug-likeness (QED) is 0.671. The summed E-state index contributed by atoms with van der Waals surface area (Å²) in [6.07, 6.45) is 3.94. The van der Waals surface area contributed by atoms with E-state index in [4.69, 9.17) is 15.7 Å². The third kappa shape index (κ3) is 3.06. The molecule has 1 saturated carbocycles. The molecule has 0 aliphatic heterocycles. The topological polar surface area (TPSA) is 102 Å². The second-order valence-corrected chi connectivity index (χ2v) is 4.99. The van der Waals surface area contributed by atoms with Crippen LogP contribution < -0.4 is 10.5 Å². The van der Waals surface area contributed by atoms with Gasteiger partial charge in [-0.25, -0.2) is 0 Å². The molecule has 106 valence electrons. The number of hydrogen-bond acceptors (Lipinski definition) is 5. The van der Waals surface area contributed by atoms with Gasteiger partial charge in [-0.05, 0) is 37.9 Å². The molecule has 2 atom stereocenters. The number of ether oxygens (including phenoxy) is 1. The summed E-state index contributed by atoms with van der Waals surface area (Å²) >= 11 is 0. The van der Waals surface area contributed by atoms with Crippen molar-refractivity contribution in [3.63, 3.8) is 0 Å². The van der Waals surface area contributed by atoms with Gasteiger partial charge >= 0.3 is 5.69 Å². The summed E-state index contributed by atoms with van der Waals surface area (Å²) in [7, 11) is 0. The van der Waals surface area contributed by atoms with E-state index >= 15 is 0 Å². The van der Waals surface area contributed by atoms with Gasteiger partial charge in [-0.1, -0.05) is 6.42 Å². The fourth-order valence-corrected chi connectivity index (χ4v) is 2.59. The number of rotatable bonds is 4. The number of nitro groups is 1. The Balaban J connectivity index is 2.24. The predicted octanol–water partition coefficient (Wildman–Crippen LogP) is 2.36. The van der Waals surface area contributed by atoms with E-state index in [0.717, 1.165) is 25.7 Å². The summed E-state index contributed by atoms with van der Waals surface area (Å²) in [4.78, 5) is 10.6. The highest BCUT2D eigenvalue weighted by Crippen LogP contribution is 2.33. The van der Waals surface area contributed by atoms with Crippen LogP contribution in [0.3, 0.4) is 0 Å². The fraction of sp³-hybridized carbons (Fsp3) is 0.500. The van der Waals surface area contributed by atoms with Crippen molar-refractivity contribution < 1.29 is 9.66 Å². The molecule has 1 aromatic carbocycles. The molecule has 0 bridgehead atoms. The minimum absolute atomic E-state index is 0.0830. The van der Waals surface area contributed by atoms with Crippen LogP contribution in [-0.4, -0.2) is 17.6 Å². The lowest BCUT2D eigenvalue weighted by molar-refractivity contribution is -0.386. The Labute approximate surface area is 117 Å². The zero-order chi connectivity index (χ0) is 14.5. The first-order valence-corrected chi connectivity index (χ1v) is 6.71. The number of hydrogen-bond donors (Lipinski definition) is 1. The lowest BCUT2D eigenvalue weighted by Gasteiger charge is -2.30. The van der Waals surface area contributed by atoms with Gasteiger partial charge in [0.25, 0.3) is 0 Å². The molecule has 0 radical (unpaired) electrons. The Bertz CT molecular complexity index is 539. The number of nitro benzene ring substituents is 1. The van der Waals surface area contributed by atoms with Crippen molar-refractivity contribution in [1.29, 1.82) is 5.26 Å². The molecule has 1 fully saturated rings. The van der Waals surface area contributed by atoms with Gasteiger partial charge in [0.05, 0.1) is 16.6 Å². The van der Waals surface area contributed by atoms with E-state index in [1.165, 1.54) is 18.2 Å². The van der Waals surface area contributed by atoms with Crippen LogP contribution in [0, 0.1) is 27.4 Å². The van der Waals surface area contributed by atoms with E-state index in [1.807, 2.05) is 6.07 Å². The summed E-state index contributed by atoms with van der Waals surface area (Å²) in [5.41, 5.74) is 5.83. The second-order valence-electron chi connectivity index (χ2n) is 4.99. The van der Waals surface area contributed by atoms with E-state index in [0.29, 0.717) is 6.54 Å². The maximum atomic E-state index is 11.1. The van der Waals surface area contributed by atoms with E-state index in [1.54, 1.807) is 0 Å². The van der Waals surface area contributed by atoms with Gasteiger partial charge in [-0.3, -0.25) is 10.1 Å². The normalized spacial score (nSPS) is 22.0. The zero-order valence-corrected chi connectivity index (χ0v) is 11.1. The lowest BCUT2D eigenvalue weighted by Crippen LogP contribution is -2.35. The molecule has 2 rings (SSSR count). The first-order chi connectivity index (χ1) is 9.65. The Hall–Kier alpha value is -2.13. The summed E-state index contributed by atoms with van der Waals surface area (Å²) in [6.45, 7) is 0.523. The van der Waals surface area contributed by atoms with E-state index in [2.05, 4.69) is 0 Å². The summed E-state index contributed by atoms with van der Waals surface area (Å²) in [6, 6.07) is 6.17. The molecule has 6 heteroatoms. The molecule has 6 nitrogen and oxygen atoms in total. The third-order valence-corrected chi connectivity index (χ3v) is 3.71. The van der Waals surface area contributed by atoms with Crippen molar-refractivity contribution in [3.8, 4) is 11.8 Å². The molecule has 0 heterocycles. The van der Waals surface area contributed by atoms with Crippen LogP contribution in [0.15, 0.2) is 18.2 Å². The smallest absolute Gasteiger partial charge is 0.312 e. The lowest BCUT2D eigenvalue weighted by atomic mass is 9.86. The highest BCUT2D eigenvalue weighted by molar-refractivity contribution is 5.51. The number of nitrogens with zero attached hydrogens (tertiary/aromatic N) is 2. The minimum atomic E-state index is -0.517. The van der Waals surface area contributed by atoms with Crippen LogP contribution in [0.5, 0.6) is 5.75 Å². The first kappa shape index (κ1) is 14.3. The van der Waals surface area contributed by atoms with Crippen molar-refractivity contribution in [2.24, 2.45) is 11.7 Å². The highest BCUT2D eigenvalue weighted by Gasteiger charge is 2.28. The van der Waals surface area contributed by atoms with Gasteiger partial charge in [0.1, 0.15) is 6.10 Å². The standard InChI is InChI=1S/C14H17N3O3/c15-8-10-5-6-14(12(7-10)17(18)19)20-13-4-2-1-3-11(13)9-16/h5-7,11,13H,1-4,9,16H2. The van der Waals surface area contributed by atoms with Crippen molar-refractivity contribution in [2.75, 3.05) is 6.54 Å². The molecule has 1 aliphatic rings. The molecule has 0 spiro atoms. The fourth-order valence-electron chi connectivity index (χ4n) is 2.59. The van der Waals surface area contributed by atoms with Crippen LogP contribution in [-0.2, 0) is 0 Å². The number of nitriles is 1. The molecule has 1 aliphatic carbocycles. The monoisotopic (exact) mass is 275 g/mol. The van der Waals surface area contributed by atoms with E-state index < -0.39 is 4.92 Å². The van der Waals surface area contributed by atoms with Gasteiger partial charge < -0.3 is 10.5 Å². The van der Waals surface area contributed by atoms with E-state index in [9.17, 15) is 10.1 Å². The van der Waals surface area contributed by atoms with Crippen molar-refractivity contribution in [2.45, 2.75) is 31.8 Å². The maximum Gasteiger partial charge on any atom is 0.312 e. The molecule has 0 amide bonds. The van der Waals surface area contributed by atoms with Crippen molar-refractivity contribution >= 4 is 5.69 Å². The Morgan fingerprint density at radius 3 is 2.85 bits per heavy atom. The van der Waals surface area contributed by atoms with Crippen LogP contribution in [0.1, 0.15) is 31.2 Å². The van der Waals surface area contributed by atoms with Gasteiger partial charge in [0.15, 0.2) is 5.75 Å². The van der Waals surface area contributed by atoms with Crippen LogP contribution >= 0.6 is 0 Å². The molecule has 0 saturated heterocycles. The molecular formula is C14H17N3O3. The maximum absolute atomic E-state index is 11.1. The Morgan fingerprint density at radius 1 is 1.45 bits per heavy atom. The Kier molecular flexibility index (Phi) is 4.53. The second kappa shape index (κ2) is 6.35. The van der Waals surface area contributed by atoms with Gasteiger partial charge in [-0.2, -0.15) is 5.26 Å². The minimum Gasteiger partial charge on any atom is -0.483 e. The number of benzene rings is 1. The third-order valence-electron chi connectivity index (χ3n) is 3.71. The Morgan fingerprint density at radius 2 is 2.20 bits per heavy atom. The van der Waals surface area contributed by atoms with Crippen molar-refractivity contribution in [3.05, 3.63) is 33.9 Å². The summed E-state index contributed by atoms with van der Waals surface area (Å²) in [5, 5.41) is 19.9. The molecule has 2 N–H and O–H groups in total. The zero-order valence-electron chi connectivity index (χ0n) is 11.1. The average Bonchev–Trinajstić information content (AvgIpc) is 2.48. The SMILES string of the molecule is N#Cc1ccc(OC2CCCCC2CN)c([N+](=O)[O-])c1. The van der Waals surface area contributed by atoms with Gasteiger partial charge in [0, 0.05) is 12.0 Å². The predicted molar refractivity (Wildman–Crippen MR) is 73.2 cm³/mol. The largest absolute Gasteiger partial charge is 0.483 e. The van der Waals surface area contributed by atoms with Gasteiger partial charge in [0.2, 0.25) is 0 Å². The first-order valence-electron chi connectivity index (χ1n) is 6.71. The summed E-state index contributed by atoms with van der Waals surface area (Å²) in [5.74, 6) is 0.457. The highest BCUT2D eigenvalue weighted by atomic mass is 16.6. The van der Waals surface area contributed by atoms with Crippen LogP contribution in [0.4, 0.5) is 5.69 Å². The molecule has 2 unspecified atom stereocenters. The average molecular weight is 275 g/mol. The van der Waals surface area contributed by atoms with Crippen LogP contribution in [0.25, 0.3) is 0 Å². The molecule has 0 aromatic heterocycles. The molecule has 20 heavy (non-hydrogen) atoms. The molecule has 1 aromatic rings.